The fraction of sp³-hybridized carbons (Fsp3) is 0.333. The molecular weight excluding hydrogens is 186 g/mol. The van der Waals surface area contributed by atoms with Crippen molar-refractivity contribution < 1.29 is 9.32 Å². The zero-order chi connectivity index (χ0) is 9.42. The maximum atomic E-state index is 10.8. The number of aryl methyl sites for hydroxylation is 2. The van der Waals surface area contributed by atoms with Gasteiger partial charge in [-0.15, -0.1) is 11.3 Å². The maximum Gasteiger partial charge on any atom is 0.188 e. The fourth-order valence-corrected chi connectivity index (χ4v) is 2.41. The maximum absolute atomic E-state index is 10.8. The summed E-state index contributed by atoms with van der Waals surface area (Å²) in [6.45, 7) is 3.91. The lowest BCUT2D eigenvalue weighted by Crippen LogP contribution is -1.82. The average Bonchev–Trinajstić information content (AvgIpc) is 2.65. The third-order valence-electron chi connectivity index (χ3n) is 2.02. The highest BCUT2D eigenvalue weighted by molar-refractivity contribution is 7.19. The molecular formula is C9H9NO2S. The molecule has 2 aromatic heterocycles. The lowest BCUT2D eigenvalue weighted by Gasteiger charge is -1.88. The summed E-state index contributed by atoms with van der Waals surface area (Å²) in [5.41, 5.74) is 2.18. The summed E-state index contributed by atoms with van der Waals surface area (Å²) in [6.07, 6.45) is 1.71. The van der Waals surface area contributed by atoms with Gasteiger partial charge >= 0.3 is 0 Å². The number of aldehydes is 1. The molecule has 0 radical (unpaired) electrons. The van der Waals surface area contributed by atoms with Gasteiger partial charge in [-0.1, -0.05) is 12.1 Å². The number of nitrogens with zero attached hydrogens (tertiary/aromatic N) is 1. The van der Waals surface area contributed by atoms with Crippen LogP contribution in [0.3, 0.4) is 0 Å². The Morgan fingerprint density at radius 1 is 1.62 bits per heavy atom. The number of aromatic nitrogens is 1. The Hall–Kier alpha value is -1.16. The highest BCUT2D eigenvalue weighted by Gasteiger charge is 2.16. The molecule has 0 spiro atoms. The van der Waals surface area contributed by atoms with Crippen LogP contribution in [0.2, 0.25) is 0 Å². The molecule has 13 heavy (non-hydrogen) atoms. The van der Waals surface area contributed by atoms with Gasteiger partial charge in [0.1, 0.15) is 0 Å². The second-order valence-corrected chi connectivity index (χ2v) is 3.94. The van der Waals surface area contributed by atoms with E-state index in [1.54, 1.807) is 11.3 Å². The topological polar surface area (TPSA) is 43.1 Å². The van der Waals surface area contributed by atoms with Gasteiger partial charge in [-0.2, -0.15) is 0 Å². The van der Waals surface area contributed by atoms with Crippen LogP contribution in [0.15, 0.2) is 4.52 Å². The minimum Gasteiger partial charge on any atom is -0.354 e. The Kier molecular flexibility index (Phi) is 1.92. The Morgan fingerprint density at radius 2 is 2.38 bits per heavy atom. The Morgan fingerprint density at radius 3 is 3.00 bits per heavy atom. The first kappa shape index (κ1) is 8.44. The summed E-state index contributed by atoms with van der Waals surface area (Å²) in [4.78, 5) is 11.9. The summed E-state index contributed by atoms with van der Waals surface area (Å²) in [5, 5.41) is 3.82. The van der Waals surface area contributed by atoms with Crippen LogP contribution in [-0.4, -0.2) is 11.4 Å². The van der Waals surface area contributed by atoms with Crippen LogP contribution in [0.5, 0.6) is 0 Å². The van der Waals surface area contributed by atoms with Crippen molar-refractivity contribution >= 4 is 27.9 Å². The number of carbonyl (C=O) groups is 1. The van der Waals surface area contributed by atoms with E-state index >= 15 is 0 Å². The van der Waals surface area contributed by atoms with Crippen LogP contribution < -0.4 is 0 Å². The molecule has 2 aromatic rings. The van der Waals surface area contributed by atoms with Gasteiger partial charge in [-0.3, -0.25) is 4.79 Å². The number of hydrogen-bond acceptors (Lipinski definition) is 4. The van der Waals surface area contributed by atoms with Crippen LogP contribution in [0, 0.1) is 6.92 Å². The van der Waals surface area contributed by atoms with E-state index in [1.165, 1.54) is 0 Å². The molecule has 0 amide bonds. The van der Waals surface area contributed by atoms with Crippen molar-refractivity contribution in [1.82, 2.24) is 5.16 Å². The molecule has 0 bridgehead atoms. The lowest BCUT2D eigenvalue weighted by molar-refractivity contribution is 0.112. The van der Waals surface area contributed by atoms with Crippen molar-refractivity contribution in [3.05, 3.63) is 16.1 Å². The standard InChI is InChI=1S/C9H9NO2S/c1-3-7-6(4-11)8-9(13-7)5(2)10-12-8/h4H,3H2,1-2H3. The monoisotopic (exact) mass is 195 g/mol. The second-order valence-electron chi connectivity index (χ2n) is 2.84. The molecule has 0 aliphatic carbocycles. The first-order chi connectivity index (χ1) is 6.27. The molecule has 4 heteroatoms. The predicted molar refractivity (Wildman–Crippen MR) is 51.4 cm³/mol. The van der Waals surface area contributed by atoms with E-state index in [0.29, 0.717) is 11.1 Å². The number of fused-ring (bicyclic) bond motifs is 1. The van der Waals surface area contributed by atoms with Crippen molar-refractivity contribution in [3.63, 3.8) is 0 Å². The first-order valence-corrected chi connectivity index (χ1v) is 4.92. The summed E-state index contributed by atoms with van der Waals surface area (Å²) in [7, 11) is 0. The van der Waals surface area contributed by atoms with Crippen LogP contribution in [0.4, 0.5) is 0 Å². The molecule has 2 heterocycles. The molecule has 3 nitrogen and oxygen atoms in total. The molecule has 0 fully saturated rings. The Labute approximate surface area is 79.3 Å². The minimum absolute atomic E-state index is 0.648. The van der Waals surface area contributed by atoms with Crippen molar-refractivity contribution in [1.29, 1.82) is 0 Å². The van der Waals surface area contributed by atoms with Gasteiger partial charge in [0, 0.05) is 4.88 Å². The van der Waals surface area contributed by atoms with E-state index < -0.39 is 0 Å². The molecule has 0 aromatic carbocycles. The summed E-state index contributed by atoms with van der Waals surface area (Å²) < 4.78 is 6.08. The third kappa shape index (κ3) is 1.09. The zero-order valence-electron chi connectivity index (χ0n) is 7.46. The van der Waals surface area contributed by atoms with E-state index in [-0.39, 0.29) is 0 Å². The van der Waals surface area contributed by atoms with Crippen molar-refractivity contribution in [2.24, 2.45) is 0 Å². The van der Waals surface area contributed by atoms with E-state index in [9.17, 15) is 4.79 Å². The number of rotatable bonds is 2. The third-order valence-corrected chi connectivity index (χ3v) is 3.46. The fourth-order valence-electron chi connectivity index (χ4n) is 1.34. The number of carbonyl (C=O) groups excluding carboxylic acids is 1. The lowest BCUT2D eigenvalue weighted by atomic mass is 10.2. The molecule has 0 aliphatic rings. The van der Waals surface area contributed by atoms with Gasteiger partial charge < -0.3 is 4.52 Å². The highest BCUT2D eigenvalue weighted by atomic mass is 32.1. The Balaban J connectivity index is 2.81. The summed E-state index contributed by atoms with van der Waals surface area (Å²) >= 11 is 1.59. The van der Waals surface area contributed by atoms with Crippen molar-refractivity contribution in [3.8, 4) is 0 Å². The molecule has 2 rings (SSSR count). The molecule has 0 saturated heterocycles. The normalized spacial score (nSPS) is 10.9. The van der Waals surface area contributed by atoms with Crippen LogP contribution in [0.1, 0.15) is 27.9 Å². The number of hydrogen-bond donors (Lipinski definition) is 0. The van der Waals surface area contributed by atoms with Gasteiger partial charge in [-0.25, -0.2) is 0 Å². The summed E-state index contributed by atoms with van der Waals surface area (Å²) in [5.74, 6) is 0. The number of thiophene rings is 1. The van der Waals surface area contributed by atoms with Crippen molar-refractivity contribution in [2.45, 2.75) is 20.3 Å². The molecule has 68 valence electrons. The first-order valence-electron chi connectivity index (χ1n) is 4.10. The van der Waals surface area contributed by atoms with E-state index in [2.05, 4.69) is 5.16 Å². The van der Waals surface area contributed by atoms with Crippen molar-refractivity contribution in [2.75, 3.05) is 0 Å². The van der Waals surface area contributed by atoms with Gasteiger partial charge in [-0.05, 0) is 13.3 Å². The average molecular weight is 195 g/mol. The SMILES string of the molecule is CCc1sc2c(C)noc2c1C=O. The zero-order valence-corrected chi connectivity index (χ0v) is 8.27. The van der Waals surface area contributed by atoms with Gasteiger partial charge in [0.25, 0.3) is 0 Å². The van der Waals surface area contributed by atoms with E-state index in [1.807, 2.05) is 13.8 Å². The van der Waals surface area contributed by atoms with Gasteiger partial charge in [0.2, 0.25) is 0 Å². The van der Waals surface area contributed by atoms with Gasteiger partial charge in [0.15, 0.2) is 11.9 Å². The van der Waals surface area contributed by atoms with Gasteiger partial charge in [0.05, 0.1) is 16.0 Å². The smallest absolute Gasteiger partial charge is 0.188 e. The molecule has 0 atom stereocenters. The highest BCUT2D eigenvalue weighted by Crippen LogP contribution is 2.32. The second kappa shape index (κ2) is 2.96. The predicted octanol–water partition coefficient (Wildman–Crippen LogP) is 2.57. The molecule has 0 unspecified atom stereocenters. The van der Waals surface area contributed by atoms with Crippen LogP contribution >= 0.6 is 11.3 Å². The summed E-state index contributed by atoms with van der Waals surface area (Å²) in [6, 6.07) is 0. The Bertz CT molecular complexity index is 455. The minimum atomic E-state index is 0.648. The van der Waals surface area contributed by atoms with Crippen LogP contribution in [-0.2, 0) is 6.42 Å². The largest absolute Gasteiger partial charge is 0.354 e. The molecule has 0 N–H and O–H groups in total. The van der Waals surface area contributed by atoms with Crippen LogP contribution in [0.25, 0.3) is 10.3 Å². The quantitative estimate of drug-likeness (QED) is 0.692. The molecule has 0 aliphatic heterocycles. The van der Waals surface area contributed by atoms with E-state index in [4.69, 9.17) is 4.52 Å². The van der Waals surface area contributed by atoms with E-state index in [0.717, 1.165) is 28.0 Å². The molecule has 0 saturated carbocycles.